The summed E-state index contributed by atoms with van der Waals surface area (Å²) in [7, 11) is 0. The molecule has 5 nitrogen and oxygen atoms in total. The summed E-state index contributed by atoms with van der Waals surface area (Å²) in [6, 6.07) is 0. The number of nitrogens with one attached hydrogen (secondary N) is 1. The molecule has 1 amide bonds. The third kappa shape index (κ3) is 3.76. The topological polar surface area (TPSA) is 72.9 Å². The van der Waals surface area contributed by atoms with Crippen LogP contribution < -0.4 is 11.1 Å². The van der Waals surface area contributed by atoms with Crippen molar-refractivity contribution in [3.05, 3.63) is 11.9 Å². The van der Waals surface area contributed by atoms with Gasteiger partial charge in [0.1, 0.15) is 5.69 Å². The number of nitrogens with zero attached hydrogens (tertiary/aromatic N) is 2. The lowest BCUT2D eigenvalue weighted by atomic mass is 10.1. The van der Waals surface area contributed by atoms with E-state index in [0.29, 0.717) is 30.4 Å². The maximum Gasteiger partial charge on any atom is 0.271 e. The Morgan fingerprint density at radius 1 is 1.59 bits per heavy atom. The molecule has 0 saturated carbocycles. The number of anilines is 1. The Labute approximate surface area is 102 Å². The second-order valence-corrected chi connectivity index (χ2v) is 4.56. The first-order valence-electron chi connectivity index (χ1n) is 6.15. The van der Waals surface area contributed by atoms with Gasteiger partial charge in [0.25, 0.3) is 5.91 Å². The van der Waals surface area contributed by atoms with E-state index in [1.54, 1.807) is 4.68 Å². The van der Waals surface area contributed by atoms with Crippen LogP contribution in [0.3, 0.4) is 0 Å². The smallest absolute Gasteiger partial charge is 0.271 e. The van der Waals surface area contributed by atoms with Crippen molar-refractivity contribution in [3.8, 4) is 0 Å². The number of rotatable bonds is 6. The van der Waals surface area contributed by atoms with Gasteiger partial charge in [-0.2, -0.15) is 5.10 Å². The number of hydrogen-bond acceptors (Lipinski definition) is 3. The molecule has 0 spiro atoms. The molecule has 0 fully saturated rings. The lowest BCUT2D eigenvalue weighted by Crippen LogP contribution is -2.28. The standard InChI is InChI=1S/C12H22N4O/c1-4-16-11(10(13)8-15-16)12(17)14-7-5-6-9(2)3/h8-9H,4-7,13H2,1-3H3,(H,14,17). The number of nitrogen functional groups attached to an aromatic ring is 1. The number of amides is 1. The molecule has 1 aromatic rings. The van der Waals surface area contributed by atoms with Crippen molar-refractivity contribution < 1.29 is 4.79 Å². The van der Waals surface area contributed by atoms with Crippen LogP contribution in [0.15, 0.2) is 6.20 Å². The lowest BCUT2D eigenvalue weighted by Gasteiger charge is -2.08. The molecule has 0 unspecified atom stereocenters. The van der Waals surface area contributed by atoms with Crippen molar-refractivity contribution in [2.75, 3.05) is 12.3 Å². The number of carbonyl (C=O) groups is 1. The Balaban J connectivity index is 2.49. The molecule has 0 aromatic carbocycles. The zero-order chi connectivity index (χ0) is 12.8. The van der Waals surface area contributed by atoms with Gasteiger partial charge < -0.3 is 11.1 Å². The average Bonchev–Trinajstić information content (AvgIpc) is 2.65. The summed E-state index contributed by atoms with van der Waals surface area (Å²) in [5.41, 5.74) is 6.63. The van der Waals surface area contributed by atoms with Gasteiger partial charge in [-0.05, 0) is 25.7 Å². The van der Waals surface area contributed by atoms with Crippen LogP contribution >= 0.6 is 0 Å². The zero-order valence-corrected chi connectivity index (χ0v) is 10.9. The highest BCUT2D eigenvalue weighted by molar-refractivity contribution is 5.97. The van der Waals surface area contributed by atoms with Gasteiger partial charge in [0.05, 0.1) is 11.9 Å². The summed E-state index contributed by atoms with van der Waals surface area (Å²) in [5.74, 6) is 0.531. The van der Waals surface area contributed by atoms with E-state index in [4.69, 9.17) is 5.73 Å². The Kier molecular flexibility index (Phi) is 5.00. The summed E-state index contributed by atoms with van der Waals surface area (Å²) in [6.07, 6.45) is 3.62. The fraction of sp³-hybridized carbons (Fsp3) is 0.667. The predicted molar refractivity (Wildman–Crippen MR) is 68.7 cm³/mol. The average molecular weight is 238 g/mol. The first-order chi connectivity index (χ1) is 8.06. The van der Waals surface area contributed by atoms with Crippen molar-refractivity contribution in [2.45, 2.75) is 40.2 Å². The molecule has 0 radical (unpaired) electrons. The van der Waals surface area contributed by atoms with Gasteiger partial charge >= 0.3 is 0 Å². The van der Waals surface area contributed by atoms with Crippen LogP contribution in [0.25, 0.3) is 0 Å². The van der Waals surface area contributed by atoms with Gasteiger partial charge in [0, 0.05) is 13.1 Å². The first kappa shape index (κ1) is 13.5. The van der Waals surface area contributed by atoms with Gasteiger partial charge in [0.2, 0.25) is 0 Å². The minimum Gasteiger partial charge on any atom is -0.396 e. The third-order valence-corrected chi connectivity index (χ3v) is 2.63. The number of aromatic nitrogens is 2. The van der Waals surface area contributed by atoms with E-state index >= 15 is 0 Å². The highest BCUT2D eigenvalue weighted by Crippen LogP contribution is 2.10. The van der Waals surface area contributed by atoms with Crippen molar-refractivity contribution >= 4 is 11.6 Å². The first-order valence-corrected chi connectivity index (χ1v) is 6.15. The van der Waals surface area contributed by atoms with Crippen LogP contribution in [0.2, 0.25) is 0 Å². The van der Waals surface area contributed by atoms with Gasteiger partial charge in [-0.3, -0.25) is 9.48 Å². The fourth-order valence-electron chi connectivity index (χ4n) is 1.68. The molecule has 0 aliphatic rings. The van der Waals surface area contributed by atoms with E-state index in [9.17, 15) is 4.79 Å². The Morgan fingerprint density at radius 3 is 2.88 bits per heavy atom. The molecule has 0 aliphatic heterocycles. The normalized spacial score (nSPS) is 10.8. The molecule has 1 rings (SSSR count). The number of carbonyl (C=O) groups excluding carboxylic acids is 1. The molecule has 1 aromatic heterocycles. The van der Waals surface area contributed by atoms with Gasteiger partial charge in [-0.25, -0.2) is 0 Å². The molecule has 0 atom stereocenters. The second kappa shape index (κ2) is 6.27. The minimum atomic E-state index is -0.134. The SMILES string of the molecule is CCn1ncc(N)c1C(=O)NCCCC(C)C. The molecular formula is C12H22N4O. The molecule has 96 valence electrons. The maximum absolute atomic E-state index is 11.9. The van der Waals surface area contributed by atoms with Crippen LogP contribution in [0.4, 0.5) is 5.69 Å². The number of hydrogen-bond donors (Lipinski definition) is 2. The highest BCUT2D eigenvalue weighted by Gasteiger charge is 2.15. The molecule has 1 heterocycles. The molecule has 0 saturated heterocycles. The maximum atomic E-state index is 11.9. The Bertz CT molecular complexity index is 371. The lowest BCUT2D eigenvalue weighted by molar-refractivity contribution is 0.0943. The van der Waals surface area contributed by atoms with Gasteiger partial charge in [-0.1, -0.05) is 13.8 Å². The van der Waals surface area contributed by atoms with Crippen LogP contribution in [0.1, 0.15) is 44.1 Å². The van der Waals surface area contributed by atoms with Crippen LogP contribution in [-0.2, 0) is 6.54 Å². The van der Waals surface area contributed by atoms with E-state index in [1.165, 1.54) is 6.20 Å². The van der Waals surface area contributed by atoms with Crippen LogP contribution in [-0.4, -0.2) is 22.2 Å². The van der Waals surface area contributed by atoms with Crippen molar-refractivity contribution in [3.63, 3.8) is 0 Å². The molecule has 3 N–H and O–H groups in total. The van der Waals surface area contributed by atoms with E-state index < -0.39 is 0 Å². The Morgan fingerprint density at radius 2 is 2.29 bits per heavy atom. The summed E-state index contributed by atoms with van der Waals surface area (Å²) in [6.45, 7) is 7.61. The zero-order valence-electron chi connectivity index (χ0n) is 10.9. The summed E-state index contributed by atoms with van der Waals surface area (Å²) < 4.78 is 1.62. The third-order valence-electron chi connectivity index (χ3n) is 2.63. The van der Waals surface area contributed by atoms with Crippen molar-refractivity contribution in [1.29, 1.82) is 0 Å². The minimum absolute atomic E-state index is 0.134. The molecule has 17 heavy (non-hydrogen) atoms. The quantitative estimate of drug-likeness (QED) is 0.740. The molecule has 0 bridgehead atoms. The molecule has 5 heteroatoms. The van der Waals surface area contributed by atoms with E-state index in [-0.39, 0.29) is 5.91 Å². The fourth-order valence-corrected chi connectivity index (χ4v) is 1.68. The Hall–Kier alpha value is -1.52. The number of nitrogens with two attached hydrogens (primary N) is 1. The van der Waals surface area contributed by atoms with Crippen LogP contribution in [0, 0.1) is 5.92 Å². The van der Waals surface area contributed by atoms with Gasteiger partial charge in [0.15, 0.2) is 0 Å². The van der Waals surface area contributed by atoms with E-state index in [1.807, 2.05) is 6.92 Å². The molecule has 0 aliphatic carbocycles. The van der Waals surface area contributed by atoms with Gasteiger partial charge in [-0.15, -0.1) is 0 Å². The summed E-state index contributed by atoms with van der Waals surface area (Å²) in [5, 5.41) is 6.92. The molecular weight excluding hydrogens is 216 g/mol. The monoisotopic (exact) mass is 238 g/mol. The van der Waals surface area contributed by atoms with Crippen LogP contribution in [0.5, 0.6) is 0 Å². The highest BCUT2D eigenvalue weighted by atomic mass is 16.2. The summed E-state index contributed by atoms with van der Waals surface area (Å²) >= 11 is 0. The second-order valence-electron chi connectivity index (χ2n) is 4.56. The summed E-state index contributed by atoms with van der Waals surface area (Å²) in [4.78, 5) is 11.9. The largest absolute Gasteiger partial charge is 0.396 e. The predicted octanol–water partition coefficient (Wildman–Crippen LogP) is 1.65. The number of aryl methyl sites for hydroxylation is 1. The van der Waals surface area contributed by atoms with E-state index in [0.717, 1.165) is 12.8 Å². The van der Waals surface area contributed by atoms with E-state index in [2.05, 4.69) is 24.3 Å². The van der Waals surface area contributed by atoms with Crippen molar-refractivity contribution in [2.24, 2.45) is 5.92 Å². The van der Waals surface area contributed by atoms with Crippen molar-refractivity contribution in [1.82, 2.24) is 15.1 Å².